The van der Waals surface area contributed by atoms with Crippen LogP contribution in [0.15, 0.2) is 95.8 Å². The molecule has 3 aromatic carbocycles. The third-order valence-electron chi connectivity index (χ3n) is 5.33. The molecular formula is C29H25N5O2. The van der Waals surface area contributed by atoms with Gasteiger partial charge in [-0.1, -0.05) is 6.42 Å². The number of carbonyl (C=O) groups excluding carboxylic acids is 1. The summed E-state index contributed by atoms with van der Waals surface area (Å²) < 4.78 is 5.35. The fourth-order valence-electron chi connectivity index (χ4n) is 3.52. The van der Waals surface area contributed by atoms with Crippen LogP contribution in [0.1, 0.15) is 17.3 Å². The summed E-state index contributed by atoms with van der Waals surface area (Å²) in [5.74, 6) is 0.574. The van der Waals surface area contributed by atoms with Crippen molar-refractivity contribution in [1.82, 2.24) is 4.98 Å². The lowest BCUT2D eigenvalue weighted by molar-refractivity contribution is 0.102. The van der Waals surface area contributed by atoms with Gasteiger partial charge in [0.05, 0.1) is 12.6 Å². The number of rotatable bonds is 8. The van der Waals surface area contributed by atoms with Crippen LogP contribution < -0.4 is 20.7 Å². The third kappa shape index (κ3) is 6.07. The van der Waals surface area contributed by atoms with Gasteiger partial charge in [0.1, 0.15) is 5.75 Å². The molecule has 0 radical (unpaired) electrons. The number of hydrogen-bond acceptors (Lipinski definition) is 6. The lowest BCUT2D eigenvalue weighted by Crippen LogP contribution is -2.11. The van der Waals surface area contributed by atoms with Gasteiger partial charge in [-0.05, 0) is 85.8 Å². The minimum Gasteiger partial charge on any atom is -0.497 e. The summed E-state index contributed by atoms with van der Waals surface area (Å²) >= 11 is 0. The highest BCUT2D eigenvalue weighted by Gasteiger charge is 2.08. The Morgan fingerprint density at radius 1 is 0.972 bits per heavy atom. The molecule has 0 unspecified atom stereocenters. The van der Waals surface area contributed by atoms with Crippen molar-refractivity contribution in [3.8, 4) is 18.2 Å². The van der Waals surface area contributed by atoms with Crippen molar-refractivity contribution in [1.29, 1.82) is 0 Å². The first-order chi connectivity index (χ1) is 17.6. The van der Waals surface area contributed by atoms with Gasteiger partial charge in [-0.2, -0.15) is 0 Å². The standard InChI is InChI=1S/C29H25N5O2/c1-4-30-17-15-20(2)32-22-7-5-21(6-8-22)29(35)34-24-11-9-23(10-12-24)33-28-16-18-31-27-14-13-25(36-3)19-26(27)28/h1,5-19,32H,2-3H3,(H,31,33)(H,34,35)/b20-15+,30-17?. The Balaban J connectivity index is 1.39. The van der Waals surface area contributed by atoms with Crippen molar-refractivity contribution >= 4 is 45.8 Å². The zero-order valence-electron chi connectivity index (χ0n) is 19.9. The molecule has 0 saturated carbocycles. The molecule has 7 nitrogen and oxygen atoms in total. The molecule has 0 saturated heterocycles. The number of benzene rings is 3. The number of ether oxygens (including phenoxy) is 1. The van der Waals surface area contributed by atoms with Crippen LogP contribution in [0.2, 0.25) is 0 Å². The Bertz CT molecular complexity index is 1470. The number of amides is 1. The van der Waals surface area contributed by atoms with E-state index in [0.29, 0.717) is 11.3 Å². The van der Waals surface area contributed by atoms with Gasteiger partial charge in [-0.15, -0.1) is 0 Å². The fraction of sp³-hybridized carbons (Fsp3) is 0.0690. The predicted molar refractivity (Wildman–Crippen MR) is 147 cm³/mol. The molecule has 0 spiro atoms. The number of aliphatic imine (C=N–C) groups is 1. The van der Waals surface area contributed by atoms with Crippen molar-refractivity contribution in [2.45, 2.75) is 6.92 Å². The molecule has 0 aliphatic carbocycles. The van der Waals surface area contributed by atoms with Crippen molar-refractivity contribution in [2.75, 3.05) is 23.1 Å². The van der Waals surface area contributed by atoms with Gasteiger partial charge >= 0.3 is 0 Å². The summed E-state index contributed by atoms with van der Waals surface area (Å²) in [7, 11) is 1.64. The SMILES string of the molecule is C#CN=C/C=C(\C)Nc1ccc(C(=O)Nc2ccc(Nc3ccnc4ccc(OC)cc34)cc2)cc1. The van der Waals surface area contributed by atoms with Gasteiger partial charge in [-0.25, -0.2) is 4.99 Å². The number of terminal acetylenes is 1. The maximum Gasteiger partial charge on any atom is 0.255 e. The monoisotopic (exact) mass is 475 g/mol. The zero-order valence-corrected chi connectivity index (χ0v) is 19.9. The maximum absolute atomic E-state index is 12.7. The maximum atomic E-state index is 12.7. The van der Waals surface area contributed by atoms with Gasteiger partial charge in [0.15, 0.2) is 0 Å². The van der Waals surface area contributed by atoms with E-state index in [1.807, 2.05) is 67.6 Å². The smallest absolute Gasteiger partial charge is 0.255 e. The normalized spacial score (nSPS) is 11.2. The summed E-state index contributed by atoms with van der Waals surface area (Å²) in [6.07, 6.45) is 10.2. The van der Waals surface area contributed by atoms with Gasteiger partial charge in [0, 0.05) is 57.9 Å². The Hall–Kier alpha value is -5.09. The van der Waals surface area contributed by atoms with E-state index in [1.54, 1.807) is 37.7 Å². The molecule has 1 amide bonds. The number of pyridine rings is 1. The van der Waals surface area contributed by atoms with Crippen LogP contribution >= 0.6 is 0 Å². The second kappa shape index (κ2) is 11.4. The Morgan fingerprint density at radius 3 is 2.39 bits per heavy atom. The molecule has 0 bridgehead atoms. The molecule has 4 rings (SSSR count). The fourth-order valence-corrected chi connectivity index (χ4v) is 3.52. The Labute approximate surface area is 209 Å². The molecule has 36 heavy (non-hydrogen) atoms. The second-order valence-electron chi connectivity index (χ2n) is 7.86. The topological polar surface area (TPSA) is 87.6 Å². The largest absolute Gasteiger partial charge is 0.497 e. The molecule has 178 valence electrons. The van der Waals surface area contributed by atoms with E-state index in [2.05, 4.69) is 32.0 Å². The van der Waals surface area contributed by atoms with E-state index in [1.165, 1.54) is 0 Å². The van der Waals surface area contributed by atoms with Gasteiger partial charge in [0.2, 0.25) is 0 Å². The zero-order chi connectivity index (χ0) is 25.3. The van der Waals surface area contributed by atoms with Crippen molar-refractivity contribution in [2.24, 2.45) is 4.99 Å². The van der Waals surface area contributed by atoms with E-state index in [0.717, 1.165) is 39.4 Å². The van der Waals surface area contributed by atoms with E-state index in [4.69, 9.17) is 11.2 Å². The number of anilines is 4. The molecule has 1 heterocycles. The van der Waals surface area contributed by atoms with Crippen molar-refractivity contribution in [3.05, 3.63) is 96.3 Å². The molecule has 1 aromatic heterocycles. The van der Waals surface area contributed by atoms with Gasteiger partial charge in [-0.3, -0.25) is 9.78 Å². The minimum atomic E-state index is -0.192. The van der Waals surface area contributed by atoms with E-state index < -0.39 is 0 Å². The second-order valence-corrected chi connectivity index (χ2v) is 7.86. The van der Waals surface area contributed by atoms with Crippen LogP contribution in [0.25, 0.3) is 10.9 Å². The van der Waals surface area contributed by atoms with Crippen LogP contribution in [0.5, 0.6) is 5.75 Å². The number of methoxy groups -OCH3 is 1. The molecule has 0 aliphatic heterocycles. The highest BCUT2D eigenvalue weighted by atomic mass is 16.5. The Morgan fingerprint density at radius 2 is 1.67 bits per heavy atom. The molecule has 4 aromatic rings. The molecule has 3 N–H and O–H groups in total. The number of hydrogen-bond donors (Lipinski definition) is 3. The lowest BCUT2D eigenvalue weighted by atomic mass is 10.1. The average molecular weight is 476 g/mol. The van der Waals surface area contributed by atoms with Gasteiger partial charge in [0.25, 0.3) is 5.91 Å². The lowest BCUT2D eigenvalue weighted by Gasteiger charge is -2.12. The highest BCUT2D eigenvalue weighted by molar-refractivity contribution is 6.04. The number of nitrogens with zero attached hydrogens (tertiary/aromatic N) is 2. The quantitative estimate of drug-likeness (QED) is 0.208. The summed E-state index contributed by atoms with van der Waals surface area (Å²) in [6.45, 7) is 1.90. The van der Waals surface area contributed by atoms with Crippen molar-refractivity contribution in [3.63, 3.8) is 0 Å². The Kier molecular flexibility index (Phi) is 7.59. The minimum absolute atomic E-state index is 0.192. The van der Waals surface area contributed by atoms with Crippen LogP contribution in [0.3, 0.4) is 0 Å². The summed E-state index contributed by atoms with van der Waals surface area (Å²) in [4.78, 5) is 20.8. The molecule has 7 heteroatoms. The summed E-state index contributed by atoms with van der Waals surface area (Å²) in [6, 6.07) is 24.6. The van der Waals surface area contributed by atoms with E-state index >= 15 is 0 Å². The molecule has 0 aliphatic rings. The van der Waals surface area contributed by atoms with Crippen LogP contribution in [0.4, 0.5) is 22.7 Å². The first-order valence-electron chi connectivity index (χ1n) is 11.2. The summed E-state index contributed by atoms with van der Waals surface area (Å²) in [5, 5.41) is 10.5. The number of aromatic nitrogens is 1. The number of fused-ring (bicyclic) bond motifs is 1. The number of carbonyl (C=O) groups is 1. The van der Waals surface area contributed by atoms with Crippen LogP contribution in [-0.2, 0) is 0 Å². The van der Waals surface area contributed by atoms with Crippen LogP contribution in [-0.4, -0.2) is 24.2 Å². The average Bonchev–Trinajstić information content (AvgIpc) is 2.90. The first-order valence-corrected chi connectivity index (χ1v) is 11.2. The summed E-state index contributed by atoms with van der Waals surface area (Å²) in [5.41, 5.74) is 5.64. The number of nitrogens with one attached hydrogen (secondary N) is 3. The molecule has 0 atom stereocenters. The van der Waals surface area contributed by atoms with E-state index in [-0.39, 0.29) is 5.91 Å². The highest BCUT2D eigenvalue weighted by Crippen LogP contribution is 2.29. The van der Waals surface area contributed by atoms with Crippen LogP contribution in [0, 0.1) is 12.5 Å². The molecular weight excluding hydrogens is 450 g/mol. The third-order valence-corrected chi connectivity index (χ3v) is 5.33. The first kappa shape index (κ1) is 24.0. The van der Waals surface area contributed by atoms with Crippen molar-refractivity contribution < 1.29 is 9.53 Å². The predicted octanol–water partition coefficient (Wildman–Crippen LogP) is 6.22. The van der Waals surface area contributed by atoms with Gasteiger partial charge < -0.3 is 20.7 Å². The molecule has 0 fully saturated rings. The number of allylic oxidation sites excluding steroid dienone is 2. The van der Waals surface area contributed by atoms with E-state index in [9.17, 15) is 4.79 Å².